The second-order valence-electron chi connectivity index (χ2n) is 5.02. The molecule has 20 heavy (non-hydrogen) atoms. The first-order valence-electron chi connectivity index (χ1n) is 6.77. The molecule has 1 atom stereocenters. The number of nitrogens with one attached hydrogen (secondary N) is 1. The van der Waals surface area contributed by atoms with Crippen LogP contribution in [-0.2, 0) is 6.42 Å². The van der Waals surface area contributed by atoms with Crippen molar-refractivity contribution < 1.29 is 4.79 Å². The average molecular weight is 288 g/mol. The van der Waals surface area contributed by atoms with Crippen molar-refractivity contribution in [3.8, 4) is 0 Å². The quantitative estimate of drug-likeness (QED) is 0.886. The first kappa shape index (κ1) is 14.6. The lowest BCUT2D eigenvalue weighted by Crippen LogP contribution is -2.32. The number of anilines is 1. The minimum Gasteiger partial charge on any atom is -0.398 e. The van der Waals surface area contributed by atoms with E-state index in [1.165, 1.54) is 16.9 Å². The molecule has 3 nitrogen and oxygen atoms in total. The minimum atomic E-state index is -0.0321. The number of hydrogen-bond acceptors (Lipinski definition) is 3. The molecule has 4 heteroatoms. The number of amides is 1. The molecule has 3 N–H and O–H groups in total. The number of thiophene rings is 1. The maximum Gasteiger partial charge on any atom is 0.261 e. The molecule has 2 aromatic rings. The minimum absolute atomic E-state index is 0.0321. The Bertz CT molecular complexity index is 558. The third-order valence-electron chi connectivity index (χ3n) is 3.27. The highest BCUT2D eigenvalue weighted by Gasteiger charge is 2.13. The fourth-order valence-electron chi connectivity index (χ4n) is 2.00. The van der Waals surface area contributed by atoms with Crippen LogP contribution in [0.1, 0.15) is 33.5 Å². The monoisotopic (exact) mass is 288 g/mol. The molecule has 1 aromatic carbocycles. The number of carbonyl (C=O) groups is 1. The van der Waals surface area contributed by atoms with Gasteiger partial charge in [-0.2, -0.15) is 0 Å². The molecular weight excluding hydrogens is 268 g/mol. The van der Waals surface area contributed by atoms with Crippen LogP contribution < -0.4 is 11.1 Å². The van der Waals surface area contributed by atoms with Crippen LogP contribution in [0, 0.1) is 6.92 Å². The summed E-state index contributed by atoms with van der Waals surface area (Å²) in [6.07, 6.45) is 1.89. The summed E-state index contributed by atoms with van der Waals surface area (Å²) in [5.74, 6) is -0.0321. The zero-order chi connectivity index (χ0) is 14.5. The van der Waals surface area contributed by atoms with Gasteiger partial charge in [0.15, 0.2) is 0 Å². The fraction of sp³-hybridized carbons (Fsp3) is 0.312. The molecule has 1 amide bonds. The lowest BCUT2D eigenvalue weighted by molar-refractivity contribution is 0.0942. The smallest absolute Gasteiger partial charge is 0.261 e. The van der Waals surface area contributed by atoms with Crippen molar-refractivity contribution in [3.05, 3.63) is 51.7 Å². The van der Waals surface area contributed by atoms with Gasteiger partial charge in [-0.1, -0.05) is 30.3 Å². The van der Waals surface area contributed by atoms with Gasteiger partial charge in [0, 0.05) is 16.6 Å². The third kappa shape index (κ3) is 3.84. The summed E-state index contributed by atoms with van der Waals surface area (Å²) >= 11 is 1.44. The highest BCUT2D eigenvalue weighted by molar-refractivity contribution is 7.14. The standard InChI is InChI=1S/C16H20N2OS/c1-11(8-9-13-6-4-3-5-7-13)18-16(19)15-10-14(17)12(2)20-15/h3-7,10-11H,8-9,17H2,1-2H3,(H,18,19). The second kappa shape index (κ2) is 6.57. The molecule has 1 heterocycles. The van der Waals surface area contributed by atoms with Gasteiger partial charge in [0.25, 0.3) is 5.91 Å². The van der Waals surface area contributed by atoms with Gasteiger partial charge in [0.1, 0.15) is 0 Å². The van der Waals surface area contributed by atoms with Crippen LogP contribution >= 0.6 is 11.3 Å². The van der Waals surface area contributed by atoms with Gasteiger partial charge in [-0.05, 0) is 38.3 Å². The molecule has 106 valence electrons. The number of hydrogen-bond donors (Lipinski definition) is 2. The lowest BCUT2D eigenvalue weighted by Gasteiger charge is -2.13. The Balaban J connectivity index is 1.85. The molecule has 0 fully saturated rings. The van der Waals surface area contributed by atoms with Gasteiger partial charge >= 0.3 is 0 Å². The van der Waals surface area contributed by atoms with E-state index in [1.54, 1.807) is 6.07 Å². The normalized spacial score (nSPS) is 12.1. The summed E-state index contributed by atoms with van der Waals surface area (Å²) in [6.45, 7) is 3.96. The van der Waals surface area contributed by atoms with Crippen LogP contribution in [-0.4, -0.2) is 11.9 Å². The zero-order valence-electron chi connectivity index (χ0n) is 11.8. The maximum absolute atomic E-state index is 12.1. The third-order valence-corrected chi connectivity index (χ3v) is 4.33. The molecule has 1 unspecified atom stereocenters. The Morgan fingerprint density at radius 2 is 2.05 bits per heavy atom. The van der Waals surface area contributed by atoms with E-state index in [9.17, 15) is 4.79 Å². The summed E-state index contributed by atoms with van der Waals surface area (Å²) in [5, 5.41) is 3.02. The van der Waals surface area contributed by atoms with Crippen LogP contribution in [0.3, 0.4) is 0 Å². The van der Waals surface area contributed by atoms with E-state index in [2.05, 4.69) is 17.4 Å². The van der Waals surface area contributed by atoms with Crippen LogP contribution in [0.5, 0.6) is 0 Å². The Labute approximate surface area is 123 Å². The van der Waals surface area contributed by atoms with Crippen LogP contribution in [0.4, 0.5) is 5.69 Å². The number of benzene rings is 1. The van der Waals surface area contributed by atoms with Crippen molar-refractivity contribution in [3.63, 3.8) is 0 Å². The number of carbonyl (C=O) groups excluding carboxylic acids is 1. The molecule has 0 saturated carbocycles. The summed E-state index contributed by atoms with van der Waals surface area (Å²) in [7, 11) is 0. The van der Waals surface area contributed by atoms with Crippen molar-refractivity contribution in [2.24, 2.45) is 0 Å². The molecule has 0 spiro atoms. The van der Waals surface area contributed by atoms with E-state index < -0.39 is 0 Å². The number of nitrogens with two attached hydrogens (primary N) is 1. The predicted molar refractivity (Wildman–Crippen MR) is 85.2 cm³/mol. The van der Waals surface area contributed by atoms with Gasteiger partial charge in [0.05, 0.1) is 4.88 Å². The fourth-order valence-corrected chi connectivity index (χ4v) is 2.85. The Morgan fingerprint density at radius 3 is 2.65 bits per heavy atom. The number of nitrogen functional groups attached to an aromatic ring is 1. The molecule has 0 saturated heterocycles. The Morgan fingerprint density at radius 1 is 1.35 bits per heavy atom. The summed E-state index contributed by atoms with van der Waals surface area (Å²) < 4.78 is 0. The molecule has 0 aliphatic carbocycles. The predicted octanol–water partition coefficient (Wildman–Crippen LogP) is 3.39. The van der Waals surface area contributed by atoms with Crippen molar-refractivity contribution in [1.82, 2.24) is 5.32 Å². The van der Waals surface area contributed by atoms with Crippen LogP contribution in [0.15, 0.2) is 36.4 Å². The largest absolute Gasteiger partial charge is 0.398 e. The van der Waals surface area contributed by atoms with E-state index in [-0.39, 0.29) is 11.9 Å². The van der Waals surface area contributed by atoms with E-state index in [1.807, 2.05) is 32.0 Å². The van der Waals surface area contributed by atoms with Crippen molar-refractivity contribution in [1.29, 1.82) is 0 Å². The van der Waals surface area contributed by atoms with E-state index >= 15 is 0 Å². The molecule has 0 aliphatic rings. The molecule has 2 rings (SSSR count). The van der Waals surface area contributed by atoms with Crippen LogP contribution in [0.2, 0.25) is 0 Å². The van der Waals surface area contributed by atoms with Crippen molar-refractivity contribution in [2.45, 2.75) is 32.7 Å². The molecule has 0 bridgehead atoms. The highest BCUT2D eigenvalue weighted by atomic mass is 32.1. The summed E-state index contributed by atoms with van der Waals surface area (Å²) in [4.78, 5) is 13.8. The van der Waals surface area contributed by atoms with E-state index in [0.717, 1.165) is 17.7 Å². The Hall–Kier alpha value is -1.81. The van der Waals surface area contributed by atoms with E-state index in [0.29, 0.717) is 10.6 Å². The lowest BCUT2D eigenvalue weighted by atomic mass is 10.1. The Kier molecular flexibility index (Phi) is 4.79. The van der Waals surface area contributed by atoms with Gasteiger partial charge in [0.2, 0.25) is 0 Å². The van der Waals surface area contributed by atoms with E-state index in [4.69, 9.17) is 5.73 Å². The average Bonchev–Trinajstić information content (AvgIpc) is 2.78. The number of rotatable bonds is 5. The maximum atomic E-state index is 12.1. The highest BCUT2D eigenvalue weighted by Crippen LogP contribution is 2.23. The van der Waals surface area contributed by atoms with Gasteiger partial charge < -0.3 is 11.1 Å². The molecule has 1 aromatic heterocycles. The first-order valence-corrected chi connectivity index (χ1v) is 7.58. The van der Waals surface area contributed by atoms with Crippen molar-refractivity contribution >= 4 is 22.9 Å². The van der Waals surface area contributed by atoms with Crippen LogP contribution in [0.25, 0.3) is 0 Å². The van der Waals surface area contributed by atoms with Gasteiger partial charge in [-0.3, -0.25) is 4.79 Å². The van der Waals surface area contributed by atoms with Gasteiger partial charge in [-0.15, -0.1) is 11.3 Å². The first-order chi connectivity index (χ1) is 9.56. The molecule has 0 radical (unpaired) electrons. The topological polar surface area (TPSA) is 55.1 Å². The summed E-state index contributed by atoms with van der Waals surface area (Å²) in [6, 6.07) is 12.2. The van der Waals surface area contributed by atoms with Crippen molar-refractivity contribution in [2.75, 3.05) is 5.73 Å². The molecule has 0 aliphatic heterocycles. The molecular formula is C16H20N2OS. The summed E-state index contributed by atoms with van der Waals surface area (Å²) in [5.41, 5.74) is 7.76. The second-order valence-corrected chi connectivity index (χ2v) is 6.28. The zero-order valence-corrected chi connectivity index (χ0v) is 12.7. The SMILES string of the molecule is Cc1sc(C(=O)NC(C)CCc2ccccc2)cc1N. The number of aryl methyl sites for hydroxylation is 2. The van der Waals surface area contributed by atoms with Gasteiger partial charge in [-0.25, -0.2) is 0 Å².